The number of benzene rings is 2. The third-order valence-corrected chi connectivity index (χ3v) is 6.94. The van der Waals surface area contributed by atoms with E-state index in [4.69, 9.17) is 0 Å². The van der Waals surface area contributed by atoms with Gasteiger partial charge in [0.2, 0.25) is 10.0 Å². The van der Waals surface area contributed by atoms with Gasteiger partial charge in [0, 0.05) is 43.9 Å². The third-order valence-electron chi connectivity index (χ3n) is 4.90. The Labute approximate surface area is 163 Å². The van der Waals surface area contributed by atoms with Gasteiger partial charge in [-0.1, -0.05) is 24.3 Å². The number of carbonyl (C=O) groups is 1. The molecule has 148 valence electrons. The Morgan fingerprint density at radius 1 is 1.00 bits per heavy atom. The highest BCUT2D eigenvalue weighted by atomic mass is 32.2. The zero-order chi connectivity index (χ0) is 20.5. The molecule has 0 radical (unpaired) electrons. The molecule has 28 heavy (non-hydrogen) atoms. The van der Waals surface area contributed by atoms with Crippen LogP contribution >= 0.6 is 0 Å². The molecule has 8 nitrogen and oxygen atoms in total. The van der Waals surface area contributed by atoms with Crippen LogP contribution in [0.5, 0.6) is 0 Å². The van der Waals surface area contributed by atoms with Crippen LogP contribution in [0.3, 0.4) is 0 Å². The van der Waals surface area contributed by atoms with Gasteiger partial charge in [0.15, 0.2) is 0 Å². The summed E-state index contributed by atoms with van der Waals surface area (Å²) in [5.74, 6) is -0.123. The SMILES string of the molecule is Cc1ccccc1C(=O)N1CCN(S(=O)(=O)c2cc([N+](=O)[O-])ccc2C)CC1. The smallest absolute Gasteiger partial charge is 0.270 e. The second-order valence-electron chi connectivity index (χ2n) is 6.72. The molecule has 0 unspecified atom stereocenters. The lowest BCUT2D eigenvalue weighted by Gasteiger charge is -2.34. The molecule has 1 aliphatic heterocycles. The number of hydrogen-bond donors (Lipinski definition) is 0. The Bertz CT molecular complexity index is 1030. The normalized spacial score (nSPS) is 15.4. The summed E-state index contributed by atoms with van der Waals surface area (Å²) in [6, 6.07) is 11.1. The summed E-state index contributed by atoms with van der Waals surface area (Å²) < 4.78 is 27.2. The second kappa shape index (κ2) is 7.69. The fourth-order valence-corrected chi connectivity index (χ4v) is 4.90. The highest BCUT2D eigenvalue weighted by molar-refractivity contribution is 7.89. The first-order valence-electron chi connectivity index (χ1n) is 8.82. The largest absolute Gasteiger partial charge is 0.336 e. The van der Waals surface area contributed by atoms with Gasteiger partial charge in [-0.15, -0.1) is 0 Å². The lowest BCUT2D eigenvalue weighted by molar-refractivity contribution is -0.385. The Hall–Kier alpha value is -2.78. The van der Waals surface area contributed by atoms with Crippen molar-refractivity contribution in [2.24, 2.45) is 0 Å². The fourth-order valence-electron chi connectivity index (χ4n) is 3.23. The van der Waals surface area contributed by atoms with E-state index in [0.717, 1.165) is 11.6 Å². The van der Waals surface area contributed by atoms with E-state index in [1.807, 2.05) is 19.1 Å². The quantitative estimate of drug-likeness (QED) is 0.576. The van der Waals surface area contributed by atoms with E-state index in [1.54, 1.807) is 24.0 Å². The van der Waals surface area contributed by atoms with Crippen LogP contribution < -0.4 is 0 Å². The summed E-state index contributed by atoms with van der Waals surface area (Å²) in [7, 11) is -3.88. The number of non-ortho nitro benzene ring substituents is 1. The lowest BCUT2D eigenvalue weighted by atomic mass is 10.1. The molecule has 0 saturated carbocycles. The second-order valence-corrected chi connectivity index (χ2v) is 8.62. The first-order chi connectivity index (χ1) is 13.2. The van der Waals surface area contributed by atoms with Crippen LogP contribution in [-0.2, 0) is 10.0 Å². The van der Waals surface area contributed by atoms with Gasteiger partial charge in [-0.2, -0.15) is 4.31 Å². The molecule has 0 aromatic heterocycles. The Kier molecular flexibility index (Phi) is 5.48. The molecule has 0 N–H and O–H groups in total. The van der Waals surface area contributed by atoms with E-state index in [2.05, 4.69) is 0 Å². The van der Waals surface area contributed by atoms with Crippen molar-refractivity contribution in [1.29, 1.82) is 0 Å². The Morgan fingerprint density at radius 2 is 1.64 bits per heavy atom. The Morgan fingerprint density at radius 3 is 2.25 bits per heavy atom. The van der Waals surface area contributed by atoms with Crippen molar-refractivity contribution in [3.63, 3.8) is 0 Å². The summed E-state index contributed by atoms with van der Waals surface area (Å²) in [5, 5.41) is 11.0. The van der Waals surface area contributed by atoms with E-state index >= 15 is 0 Å². The highest BCUT2D eigenvalue weighted by Gasteiger charge is 2.32. The lowest BCUT2D eigenvalue weighted by Crippen LogP contribution is -2.50. The number of amides is 1. The number of sulfonamides is 1. The minimum Gasteiger partial charge on any atom is -0.336 e. The number of nitro benzene ring substituents is 1. The average molecular weight is 403 g/mol. The van der Waals surface area contributed by atoms with Crippen LogP contribution in [0.1, 0.15) is 21.5 Å². The molecule has 1 aliphatic rings. The molecule has 0 atom stereocenters. The summed E-state index contributed by atoms with van der Waals surface area (Å²) in [4.78, 5) is 24.7. The van der Waals surface area contributed by atoms with Crippen molar-refractivity contribution in [2.75, 3.05) is 26.2 Å². The number of rotatable bonds is 4. The molecule has 1 fully saturated rings. The first kappa shape index (κ1) is 20.0. The molecule has 0 bridgehead atoms. The van der Waals surface area contributed by atoms with E-state index in [9.17, 15) is 23.3 Å². The number of nitrogens with zero attached hydrogens (tertiary/aromatic N) is 3. The van der Waals surface area contributed by atoms with Crippen LogP contribution in [0, 0.1) is 24.0 Å². The highest BCUT2D eigenvalue weighted by Crippen LogP contribution is 2.26. The number of piperazine rings is 1. The van der Waals surface area contributed by atoms with Gasteiger partial charge in [0.25, 0.3) is 11.6 Å². The fraction of sp³-hybridized carbons (Fsp3) is 0.316. The first-order valence-corrected chi connectivity index (χ1v) is 10.3. The third kappa shape index (κ3) is 3.76. The molecule has 3 rings (SSSR count). The van der Waals surface area contributed by atoms with Crippen LogP contribution in [0.2, 0.25) is 0 Å². The maximum atomic E-state index is 13.0. The molecule has 2 aromatic rings. The average Bonchev–Trinajstić information content (AvgIpc) is 2.68. The van der Waals surface area contributed by atoms with Crippen LogP contribution in [0.25, 0.3) is 0 Å². The van der Waals surface area contributed by atoms with E-state index in [1.165, 1.54) is 16.4 Å². The minimum absolute atomic E-state index is 0.0691. The standard InChI is InChI=1S/C19H21N3O5S/c1-14-5-3-4-6-17(14)19(23)20-9-11-21(12-10-20)28(26,27)18-13-16(22(24)25)8-7-15(18)2/h3-8,13H,9-12H2,1-2H3. The molecular formula is C19H21N3O5S. The summed E-state index contributed by atoms with van der Waals surface area (Å²) in [6.07, 6.45) is 0. The van der Waals surface area contributed by atoms with Gasteiger partial charge < -0.3 is 4.90 Å². The Balaban J connectivity index is 1.77. The minimum atomic E-state index is -3.88. The molecule has 0 spiro atoms. The molecule has 2 aromatic carbocycles. The van der Waals surface area contributed by atoms with Crippen LogP contribution in [-0.4, -0.2) is 54.6 Å². The molecule has 0 aliphatic carbocycles. The number of carbonyl (C=O) groups excluding carboxylic acids is 1. The maximum absolute atomic E-state index is 13.0. The summed E-state index contributed by atoms with van der Waals surface area (Å²) in [6.45, 7) is 4.28. The van der Waals surface area contributed by atoms with Gasteiger partial charge in [0.05, 0.1) is 9.82 Å². The number of aryl methyl sites for hydroxylation is 2. The predicted molar refractivity (Wildman–Crippen MR) is 104 cm³/mol. The predicted octanol–water partition coefficient (Wildman–Crippen LogP) is 2.36. The van der Waals surface area contributed by atoms with Crippen molar-refractivity contribution < 1.29 is 18.1 Å². The van der Waals surface area contributed by atoms with Crippen molar-refractivity contribution in [1.82, 2.24) is 9.21 Å². The van der Waals surface area contributed by atoms with Gasteiger partial charge in [0.1, 0.15) is 0 Å². The van der Waals surface area contributed by atoms with Gasteiger partial charge in [-0.3, -0.25) is 14.9 Å². The summed E-state index contributed by atoms with van der Waals surface area (Å²) in [5.41, 5.74) is 1.66. The van der Waals surface area contributed by atoms with E-state index in [-0.39, 0.29) is 42.7 Å². The van der Waals surface area contributed by atoms with Crippen LogP contribution in [0.4, 0.5) is 5.69 Å². The van der Waals surface area contributed by atoms with Crippen molar-refractivity contribution in [2.45, 2.75) is 18.7 Å². The molecule has 1 amide bonds. The van der Waals surface area contributed by atoms with Gasteiger partial charge in [-0.25, -0.2) is 8.42 Å². The molecule has 1 saturated heterocycles. The number of nitro groups is 1. The zero-order valence-electron chi connectivity index (χ0n) is 15.7. The topological polar surface area (TPSA) is 101 Å². The van der Waals surface area contributed by atoms with E-state index < -0.39 is 14.9 Å². The molecule has 9 heteroatoms. The van der Waals surface area contributed by atoms with Crippen molar-refractivity contribution in [3.05, 3.63) is 69.3 Å². The van der Waals surface area contributed by atoms with Crippen LogP contribution in [0.15, 0.2) is 47.4 Å². The molecule has 1 heterocycles. The van der Waals surface area contributed by atoms with Crippen molar-refractivity contribution in [3.8, 4) is 0 Å². The maximum Gasteiger partial charge on any atom is 0.270 e. The van der Waals surface area contributed by atoms with Gasteiger partial charge in [-0.05, 0) is 31.0 Å². The summed E-state index contributed by atoms with van der Waals surface area (Å²) >= 11 is 0. The zero-order valence-corrected chi connectivity index (χ0v) is 16.5. The number of hydrogen-bond acceptors (Lipinski definition) is 5. The van der Waals surface area contributed by atoms with E-state index in [0.29, 0.717) is 11.1 Å². The monoisotopic (exact) mass is 403 g/mol. The van der Waals surface area contributed by atoms with Crippen molar-refractivity contribution >= 4 is 21.6 Å². The van der Waals surface area contributed by atoms with Gasteiger partial charge >= 0.3 is 0 Å². The molecular weight excluding hydrogens is 382 g/mol.